The van der Waals surface area contributed by atoms with Crippen molar-refractivity contribution in [2.24, 2.45) is 0 Å². The Kier molecular flexibility index (Phi) is 17.9. The Hall–Kier alpha value is -0.570. The average Bonchev–Trinajstić information content (AvgIpc) is 2.46. The van der Waals surface area contributed by atoms with Crippen LogP contribution in [0.25, 0.3) is 0 Å². The highest BCUT2D eigenvalue weighted by Gasteiger charge is 2.24. The second kappa shape index (κ2) is 16.5. The van der Waals surface area contributed by atoms with Gasteiger partial charge in [0.05, 0.1) is 32.7 Å². The van der Waals surface area contributed by atoms with Gasteiger partial charge in [-0.25, -0.2) is 0 Å². The summed E-state index contributed by atoms with van der Waals surface area (Å²) >= 11 is 0. The molecular weight excluding hydrogens is 250 g/mol. The molecule has 121 valence electrons. The molecule has 1 radical (unpaired) electrons. The van der Waals surface area contributed by atoms with Crippen molar-refractivity contribution in [2.45, 2.75) is 79.1 Å². The Bertz CT molecular complexity index is 158. The van der Waals surface area contributed by atoms with Crippen LogP contribution in [-0.4, -0.2) is 37.1 Å². The maximum absolute atomic E-state index is 8.12. The lowest BCUT2D eigenvalue weighted by atomic mass is 10.1. The average molecular weight is 286 g/mol. The molecule has 0 aromatic rings. The second-order valence-corrected chi connectivity index (χ2v) is 5.73. The van der Waals surface area contributed by atoms with Crippen molar-refractivity contribution < 1.29 is 14.4 Å². The smallest absolute Gasteiger partial charge is 0.0870 e. The monoisotopic (exact) mass is 286 g/mol. The van der Waals surface area contributed by atoms with E-state index in [9.17, 15) is 0 Å². The molecule has 0 bridgehead atoms. The van der Waals surface area contributed by atoms with Gasteiger partial charge in [-0.05, 0) is 25.7 Å². The van der Waals surface area contributed by atoms with Gasteiger partial charge in [0.1, 0.15) is 0 Å². The predicted octanol–water partition coefficient (Wildman–Crippen LogP) is 3.28. The summed E-state index contributed by atoms with van der Waals surface area (Å²) in [6.07, 6.45) is 11.1. The van der Waals surface area contributed by atoms with Crippen LogP contribution in [0.1, 0.15) is 79.1 Å². The molecule has 0 aliphatic rings. The molecule has 0 atom stereocenters. The summed E-state index contributed by atoms with van der Waals surface area (Å²) in [6.45, 7) is 15.3. The van der Waals surface area contributed by atoms with Crippen LogP contribution < -0.4 is 5.11 Å². The normalized spacial score (nSPS) is 10.8. The summed E-state index contributed by atoms with van der Waals surface area (Å²) in [5.41, 5.74) is 0. The first-order chi connectivity index (χ1) is 9.66. The highest BCUT2D eigenvalue weighted by Crippen LogP contribution is 2.16. The number of hydrogen-bond acceptors (Lipinski definition) is 2. The first-order valence-corrected chi connectivity index (χ1v) is 8.50. The molecular formula is C17H36NO2. The summed E-state index contributed by atoms with van der Waals surface area (Å²) in [5.74, 6) is 0. The van der Waals surface area contributed by atoms with Crippen LogP contribution in [0.4, 0.5) is 0 Å². The summed E-state index contributed by atoms with van der Waals surface area (Å²) in [6, 6.07) is 0. The van der Waals surface area contributed by atoms with Gasteiger partial charge in [0, 0.05) is 0 Å². The van der Waals surface area contributed by atoms with Crippen molar-refractivity contribution in [3.8, 4) is 0 Å². The maximum Gasteiger partial charge on any atom is 0.0870 e. The highest BCUT2D eigenvalue weighted by atomic mass is 16.3. The van der Waals surface area contributed by atoms with Crippen LogP contribution in [0, 0.1) is 0 Å². The fourth-order valence-electron chi connectivity index (χ4n) is 2.64. The van der Waals surface area contributed by atoms with Crippen molar-refractivity contribution in [1.82, 2.24) is 0 Å². The molecule has 0 amide bonds. The molecule has 0 rings (SSSR count). The van der Waals surface area contributed by atoms with E-state index < -0.39 is 0 Å². The zero-order valence-electron chi connectivity index (χ0n) is 14.2. The molecule has 0 spiro atoms. The molecule has 0 saturated carbocycles. The predicted molar refractivity (Wildman–Crippen MR) is 85.1 cm³/mol. The van der Waals surface area contributed by atoms with Crippen LogP contribution in [0.15, 0.2) is 0 Å². The lowest BCUT2D eigenvalue weighted by Crippen LogP contribution is -2.50. The quantitative estimate of drug-likeness (QED) is 0.517. The topological polar surface area (TPSA) is 40.1 Å². The third-order valence-corrected chi connectivity index (χ3v) is 3.94. The van der Waals surface area contributed by atoms with Crippen LogP contribution in [0.3, 0.4) is 0 Å². The van der Waals surface area contributed by atoms with Gasteiger partial charge < -0.3 is 14.4 Å². The van der Waals surface area contributed by atoms with E-state index in [1.807, 2.05) is 0 Å². The van der Waals surface area contributed by atoms with E-state index in [0.717, 1.165) is 0 Å². The van der Waals surface area contributed by atoms with Crippen LogP contribution in [0.2, 0.25) is 0 Å². The number of rotatable bonds is 12. The molecule has 0 aromatic carbocycles. The minimum Gasteiger partial charge on any atom is -0.543 e. The first-order valence-electron chi connectivity index (χ1n) is 8.50. The minimum atomic E-state index is 0.250. The van der Waals surface area contributed by atoms with Crippen molar-refractivity contribution in [3.05, 3.63) is 0 Å². The third-order valence-electron chi connectivity index (χ3n) is 3.94. The zero-order chi connectivity index (χ0) is 15.7. The molecule has 20 heavy (non-hydrogen) atoms. The summed E-state index contributed by atoms with van der Waals surface area (Å²) < 4.78 is 1.42. The van der Waals surface area contributed by atoms with Gasteiger partial charge in [0.25, 0.3) is 0 Å². The van der Waals surface area contributed by atoms with Gasteiger partial charge in [-0.1, -0.05) is 53.4 Å². The Morgan fingerprint density at radius 1 is 0.700 bits per heavy atom. The Labute approximate surface area is 127 Å². The van der Waals surface area contributed by atoms with E-state index in [1.54, 1.807) is 0 Å². The molecule has 3 nitrogen and oxygen atoms in total. The molecule has 0 saturated heterocycles. The Morgan fingerprint density at radius 3 is 1.05 bits per heavy atom. The molecule has 0 aromatic heterocycles. The SMILES string of the molecule is CCCC[N+](CCCC)(CCCC)CCCC.O=[C][O-]. The van der Waals surface area contributed by atoms with Gasteiger partial charge in [-0.2, -0.15) is 0 Å². The van der Waals surface area contributed by atoms with E-state index in [2.05, 4.69) is 27.7 Å². The Morgan fingerprint density at radius 2 is 0.900 bits per heavy atom. The van der Waals surface area contributed by atoms with Crippen LogP contribution >= 0.6 is 0 Å². The van der Waals surface area contributed by atoms with Crippen LogP contribution in [-0.2, 0) is 4.79 Å². The minimum absolute atomic E-state index is 0.250. The zero-order valence-corrected chi connectivity index (χ0v) is 14.2. The van der Waals surface area contributed by atoms with E-state index in [0.29, 0.717) is 0 Å². The molecule has 0 aliphatic heterocycles. The van der Waals surface area contributed by atoms with E-state index in [4.69, 9.17) is 9.90 Å². The number of hydrogen-bond donors (Lipinski definition) is 0. The van der Waals surface area contributed by atoms with Crippen molar-refractivity contribution in [3.63, 3.8) is 0 Å². The van der Waals surface area contributed by atoms with Gasteiger partial charge in [-0.3, -0.25) is 0 Å². The first kappa shape index (κ1) is 21.7. The van der Waals surface area contributed by atoms with Crippen molar-refractivity contribution >= 4 is 6.47 Å². The fraction of sp³-hybridized carbons (Fsp3) is 0.941. The molecule has 0 fully saturated rings. The Balaban J connectivity index is 0. The van der Waals surface area contributed by atoms with Gasteiger partial charge in [0.2, 0.25) is 0 Å². The maximum atomic E-state index is 8.12. The second-order valence-electron chi connectivity index (χ2n) is 5.73. The standard InChI is InChI=1S/C16H36N.CO2/c1-5-9-13-17(14-10-6-2,15-11-7-3)16-12-8-4;2-1-3/h5-16H2,1-4H3;/q+1;-1. The number of carbonyl (C=O) groups excluding carboxylic acids is 1. The number of nitrogens with zero attached hydrogens (tertiary/aromatic N) is 1. The molecule has 0 heterocycles. The largest absolute Gasteiger partial charge is 0.543 e. The van der Waals surface area contributed by atoms with Gasteiger partial charge >= 0.3 is 0 Å². The molecule has 3 heteroatoms. The molecule has 0 N–H and O–H groups in total. The summed E-state index contributed by atoms with van der Waals surface area (Å²) in [5, 5.41) is 8.12. The molecule has 0 aliphatic carbocycles. The lowest BCUT2D eigenvalue weighted by molar-refractivity contribution is -0.929. The van der Waals surface area contributed by atoms with E-state index in [1.165, 1.54) is 82.0 Å². The highest BCUT2D eigenvalue weighted by molar-refractivity contribution is 5.30. The van der Waals surface area contributed by atoms with Gasteiger partial charge in [-0.15, -0.1) is 0 Å². The van der Waals surface area contributed by atoms with Crippen molar-refractivity contribution in [2.75, 3.05) is 26.2 Å². The summed E-state index contributed by atoms with van der Waals surface area (Å²) in [7, 11) is 0. The number of quaternary nitrogens is 1. The number of unbranched alkanes of at least 4 members (excludes halogenated alkanes) is 4. The van der Waals surface area contributed by atoms with E-state index in [-0.39, 0.29) is 6.47 Å². The van der Waals surface area contributed by atoms with Crippen LogP contribution in [0.5, 0.6) is 0 Å². The molecule has 0 unspecified atom stereocenters. The summed E-state index contributed by atoms with van der Waals surface area (Å²) in [4.78, 5) is 8.12. The third kappa shape index (κ3) is 12.5. The lowest BCUT2D eigenvalue weighted by Gasteiger charge is -2.39. The fourth-order valence-corrected chi connectivity index (χ4v) is 2.64. The van der Waals surface area contributed by atoms with Gasteiger partial charge in [0.15, 0.2) is 0 Å². The van der Waals surface area contributed by atoms with Crippen molar-refractivity contribution in [1.29, 1.82) is 0 Å². The van der Waals surface area contributed by atoms with E-state index >= 15 is 0 Å².